The van der Waals surface area contributed by atoms with E-state index >= 15 is 0 Å². The second kappa shape index (κ2) is 5.73. The molecule has 0 spiro atoms. The van der Waals surface area contributed by atoms with Crippen molar-refractivity contribution >= 4 is 21.8 Å². The minimum Gasteiger partial charge on any atom is -0.237 e. The van der Waals surface area contributed by atoms with Crippen LogP contribution < -0.4 is 4.57 Å². The second-order valence-electron chi connectivity index (χ2n) is 7.36. The molecular formula is C23H25N2+. The van der Waals surface area contributed by atoms with E-state index in [0.717, 1.165) is 0 Å². The lowest BCUT2D eigenvalue weighted by Gasteiger charge is -2.11. The smallest absolute Gasteiger partial charge is 0.237 e. The van der Waals surface area contributed by atoms with Crippen LogP contribution in [0.2, 0.25) is 0 Å². The lowest BCUT2D eigenvalue weighted by Crippen LogP contribution is -2.33. The number of benzene rings is 2. The molecule has 2 heteroatoms. The third kappa shape index (κ3) is 2.36. The highest BCUT2D eigenvalue weighted by Crippen LogP contribution is 2.36. The highest BCUT2D eigenvalue weighted by atomic mass is 15.1. The van der Waals surface area contributed by atoms with Crippen LogP contribution in [0.4, 0.5) is 0 Å². The minimum atomic E-state index is 0.516. The zero-order valence-corrected chi connectivity index (χ0v) is 15.7. The molecule has 0 bridgehead atoms. The van der Waals surface area contributed by atoms with E-state index in [1.54, 1.807) is 0 Å². The Balaban J connectivity index is 2.25. The van der Waals surface area contributed by atoms with Crippen LogP contribution in [-0.2, 0) is 7.05 Å². The van der Waals surface area contributed by atoms with Crippen LogP contribution >= 0.6 is 0 Å². The molecule has 0 aliphatic rings. The zero-order valence-electron chi connectivity index (χ0n) is 15.7. The minimum absolute atomic E-state index is 0.516. The standard InChI is InChI=1S/C23H25N2/c1-15(2)18-10-11-19-20-14-16(3)9-12-21(20)25(23(19)17(18)4)22-8-6-7-13-24(22)5/h6-15H,1-5H3/q+1. The molecule has 0 fully saturated rings. The Morgan fingerprint density at radius 1 is 0.920 bits per heavy atom. The first-order valence-electron chi connectivity index (χ1n) is 8.98. The van der Waals surface area contributed by atoms with Gasteiger partial charge in [0.1, 0.15) is 11.0 Å². The molecule has 0 atom stereocenters. The molecule has 0 aliphatic carbocycles. The van der Waals surface area contributed by atoms with Crippen LogP contribution in [0.1, 0.15) is 36.5 Å². The number of rotatable bonds is 2. The van der Waals surface area contributed by atoms with Gasteiger partial charge < -0.3 is 0 Å². The Labute approximate surface area is 149 Å². The molecule has 2 nitrogen and oxygen atoms in total. The number of aromatic nitrogens is 2. The van der Waals surface area contributed by atoms with Gasteiger partial charge in [-0.25, -0.2) is 4.57 Å². The summed E-state index contributed by atoms with van der Waals surface area (Å²) in [6.07, 6.45) is 2.11. The van der Waals surface area contributed by atoms with Crippen molar-refractivity contribution in [2.24, 2.45) is 7.05 Å². The Bertz CT molecular complexity index is 1100. The first kappa shape index (κ1) is 15.9. The van der Waals surface area contributed by atoms with Gasteiger partial charge in [-0.2, -0.15) is 4.57 Å². The van der Waals surface area contributed by atoms with Crippen molar-refractivity contribution in [1.29, 1.82) is 0 Å². The third-order valence-corrected chi connectivity index (χ3v) is 5.26. The quantitative estimate of drug-likeness (QED) is 0.438. The summed E-state index contributed by atoms with van der Waals surface area (Å²) in [6.45, 7) is 8.98. The summed E-state index contributed by atoms with van der Waals surface area (Å²) in [5.41, 5.74) is 6.70. The highest BCUT2D eigenvalue weighted by molar-refractivity contribution is 6.10. The molecule has 2 aromatic carbocycles. The van der Waals surface area contributed by atoms with Gasteiger partial charge in [0.25, 0.3) is 5.82 Å². The van der Waals surface area contributed by atoms with Gasteiger partial charge in [0.15, 0.2) is 0 Å². The van der Waals surface area contributed by atoms with Crippen molar-refractivity contribution in [3.63, 3.8) is 0 Å². The summed E-state index contributed by atoms with van der Waals surface area (Å²) in [7, 11) is 2.11. The van der Waals surface area contributed by atoms with E-state index < -0.39 is 0 Å². The van der Waals surface area contributed by atoms with Crippen LogP contribution in [0, 0.1) is 13.8 Å². The first-order valence-corrected chi connectivity index (χ1v) is 8.98. The van der Waals surface area contributed by atoms with Gasteiger partial charge in [0.2, 0.25) is 0 Å². The van der Waals surface area contributed by atoms with Gasteiger partial charge in [0.05, 0.1) is 13.2 Å². The fourth-order valence-corrected chi connectivity index (χ4v) is 4.01. The maximum atomic E-state index is 2.42. The maximum Gasteiger partial charge on any atom is 0.286 e. The zero-order chi connectivity index (χ0) is 17.7. The average Bonchev–Trinajstić information content (AvgIpc) is 2.90. The van der Waals surface area contributed by atoms with Crippen molar-refractivity contribution in [2.75, 3.05) is 0 Å². The third-order valence-electron chi connectivity index (χ3n) is 5.26. The SMILES string of the molecule is Cc1ccc2c(c1)c1ccc(C(C)C)c(C)c1n2-c1cccc[n+]1C. The molecule has 25 heavy (non-hydrogen) atoms. The van der Waals surface area contributed by atoms with Gasteiger partial charge in [-0.15, -0.1) is 0 Å². The Morgan fingerprint density at radius 2 is 1.72 bits per heavy atom. The number of nitrogens with zero attached hydrogens (tertiary/aromatic N) is 2. The van der Waals surface area contributed by atoms with E-state index in [1.807, 2.05) is 0 Å². The van der Waals surface area contributed by atoms with Crippen LogP contribution in [0.15, 0.2) is 54.7 Å². The first-order chi connectivity index (χ1) is 12.0. The van der Waals surface area contributed by atoms with Gasteiger partial charge in [0, 0.05) is 22.4 Å². The molecule has 126 valence electrons. The summed E-state index contributed by atoms with van der Waals surface area (Å²) >= 11 is 0. The topological polar surface area (TPSA) is 8.81 Å². The Hall–Kier alpha value is -2.61. The summed E-state index contributed by atoms with van der Waals surface area (Å²) in [4.78, 5) is 0. The van der Waals surface area contributed by atoms with Crippen molar-refractivity contribution < 1.29 is 4.57 Å². The summed E-state index contributed by atoms with van der Waals surface area (Å²) in [6, 6.07) is 17.8. The van der Waals surface area contributed by atoms with Crippen LogP contribution in [0.5, 0.6) is 0 Å². The van der Waals surface area contributed by atoms with Crippen LogP contribution in [0.3, 0.4) is 0 Å². The molecule has 0 amide bonds. The van der Waals surface area contributed by atoms with Crippen molar-refractivity contribution in [3.05, 3.63) is 71.4 Å². The number of pyridine rings is 1. The van der Waals surface area contributed by atoms with Crippen LogP contribution in [-0.4, -0.2) is 4.57 Å². The summed E-state index contributed by atoms with van der Waals surface area (Å²) in [5.74, 6) is 1.71. The molecule has 2 aromatic heterocycles. The van der Waals surface area contributed by atoms with E-state index in [2.05, 4.69) is 98.6 Å². The molecule has 0 unspecified atom stereocenters. The number of hydrogen-bond acceptors (Lipinski definition) is 0. The van der Waals surface area contributed by atoms with Crippen LogP contribution in [0.25, 0.3) is 27.6 Å². The molecule has 0 aliphatic heterocycles. The molecule has 0 radical (unpaired) electrons. The highest BCUT2D eigenvalue weighted by Gasteiger charge is 2.23. The van der Waals surface area contributed by atoms with E-state index in [9.17, 15) is 0 Å². The van der Waals surface area contributed by atoms with Crippen molar-refractivity contribution in [1.82, 2.24) is 4.57 Å². The number of fused-ring (bicyclic) bond motifs is 3. The molecule has 0 saturated heterocycles. The predicted molar refractivity (Wildman–Crippen MR) is 106 cm³/mol. The summed E-state index contributed by atoms with van der Waals surface area (Å²) < 4.78 is 4.62. The second-order valence-corrected chi connectivity index (χ2v) is 7.36. The molecule has 0 N–H and O–H groups in total. The van der Waals surface area contributed by atoms with Gasteiger partial charge in [-0.3, -0.25) is 0 Å². The maximum absolute atomic E-state index is 2.42. The van der Waals surface area contributed by atoms with Crippen molar-refractivity contribution in [2.45, 2.75) is 33.6 Å². The van der Waals surface area contributed by atoms with E-state index in [0.29, 0.717) is 5.92 Å². The molecule has 2 heterocycles. The van der Waals surface area contributed by atoms with E-state index in [1.165, 1.54) is 44.3 Å². The molecule has 4 rings (SSSR count). The van der Waals surface area contributed by atoms with Gasteiger partial charge >= 0.3 is 0 Å². The lowest BCUT2D eigenvalue weighted by molar-refractivity contribution is -0.665. The Kier molecular flexibility index (Phi) is 3.64. The molecular weight excluding hydrogens is 304 g/mol. The summed E-state index contributed by atoms with van der Waals surface area (Å²) in [5, 5.41) is 2.67. The largest absolute Gasteiger partial charge is 0.286 e. The number of hydrogen-bond donors (Lipinski definition) is 0. The predicted octanol–water partition coefficient (Wildman–Crippen LogP) is 5.35. The normalized spacial score (nSPS) is 11.8. The molecule has 4 aromatic rings. The van der Waals surface area contributed by atoms with E-state index in [4.69, 9.17) is 0 Å². The van der Waals surface area contributed by atoms with E-state index in [-0.39, 0.29) is 0 Å². The average molecular weight is 329 g/mol. The van der Waals surface area contributed by atoms with Gasteiger partial charge in [-0.1, -0.05) is 37.6 Å². The lowest BCUT2D eigenvalue weighted by atomic mass is 9.95. The van der Waals surface area contributed by atoms with Gasteiger partial charge in [-0.05, 0) is 49.6 Å². The monoisotopic (exact) mass is 329 g/mol. The Morgan fingerprint density at radius 3 is 2.44 bits per heavy atom. The molecule has 0 saturated carbocycles. The van der Waals surface area contributed by atoms with Crippen molar-refractivity contribution in [3.8, 4) is 5.82 Å². The fourth-order valence-electron chi connectivity index (χ4n) is 4.01. The fraction of sp³-hybridized carbons (Fsp3) is 0.261. The number of aryl methyl sites for hydroxylation is 3.